The third-order valence-electron chi connectivity index (χ3n) is 4.89. The number of halogens is 3. The van der Waals surface area contributed by atoms with Crippen molar-refractivity contribution in [3.05, 3.63) is 46.3 Å². The Morgan fingerprint density at radius 2 is 1.75 bits per heavy atom. The Labute approximate surface area is 182 Å². The molecule has 0 fully saturated rings. The highest BCUT2D eigenvalue weighted by Crippen LogP contribution is 2.35. The number of carbonyl (C=O) groups excluding carboxylic acids is 3. The highest BCUT2D eigenvalue weighted by Gasteiger charge is 2.32. The number of Topliss-reactive ketones (excluding diaryl/α,β-unsaturated/α-hetero) is 1. The smallest absolute Gasteiger partial charge is 0.416 e. The SMILES string of the molecule is Cc1c(C(=O)Nc2cc(C(F)(F)F)ccc2NC(=O)OC(C)(C)C)[nH]c2c1C(=O)CCC2. The Morgan fingerprint density at radius 1 is 1.06 bits per heavy atom. The van der Waals surface area contributed by atoms with Gasteiger partial charge in [-0.3, -0.25) is 14.9 Å². The minimum atomic E-state index is -4.65. The molecule has 0 aliphatic heterocycles. The van der Waals surface area contributed by atoms with Crippen molar-refractivity contribution in [2.24, 2.45) is 0 Å². The van der Waals surface area contributed by atoms with E-state index in [2.05, 4.69) is 15.6 Å². The number of rotatable bonds is 3. The molecule has 0 bridgehead atoms. The molecule has 1 aromatic heterocycles. The summed E-state index contributed by atoms with van der Waals surface area (Å²) in [5.41, 5.74) is -0.522. The summed E-state index contributed by atoms with van der Waals surface area (Å²) >= 11 is 0. The lowest BCUT2D eigenvalue weighted by molar-refractivity contribution is -0.137. The number of benzene rings is 1. The molecule has 1 aliphatic carbocycles. The maximum Gasteiger partial charge on any atom is 0.416 e. The molecule has 7 nitrogen and oxygen atoms in total. The van der Waals surface area contributed by atoms with E-state index < -0.39 is 29.3 Å². The topological polar surface area (TPSA) is 100 Å². The number of ketones is 1. The summed E-state index contributed by atoms with van der Waals surface area (Å²) in [5, 5.41) is 4.79. The summed E-state index contributed by atoms with van der Waals surface area (Å²) in [6.07, 6.45) is -3.90. The third kappa shape index (κ3) is 5.12. The van der Waals surface area contributed by atoms with Gasteiger partial charge in [0.2, 0.25) is 0 Å². The molecule has 1 aliphatic rings. The number of amides is 2. The van der Waals surface area contributed by atoms with Gasteiger partial charge in [-0.15, -0.1) is 0 Å². The summed E-state index contributed by atoms with van der Waals surface area (Å²) in [4.78, 5) is 40.2. The summed E-state index contributed by atoms with van der Waals surface area (Å²) in [6, 6.07) is 2.56. The summed E-state index contributed by atoms with van der Waals surface area (Å²) in [6.45, 7) is 6.52. The zero-order valence-corrected chi connectivity index (χ0v) is 18.1. The molecular formula is C22H24F3N3O4. The van der Waals surface area contributed by atoms with Crippen LogP contribution in [-0.4, -0.2) is 28.4 Å². The average Bonchev–Trinajstić information content (AvgIpc) is 2.98. The molecule has 3 N–H and O–H groups in total. The molecular weight excluding hydrogens is 427 g/mol. The average molecular weight is 451 g/mol. The van der Waals surface area contributed by atoms with Gasteiger partial charge < -0.3 is 15.0 Å². The van der Waals surface area contributed by atoms with Gasteiger partial charge in [-0.2, -0.15) is 13.2 Å². The van der Waals surface area contributed by atoms with E-state index in [4.69, 9.17) is 4.74 Å². The van der Waals surface area contributed by atoms with Crippen LogP contribution in [0.4, 0.5) is 29.3 Å². The second-order valence-electron chi connectivity index (χ2n) is 8.59. The third-order valence-corrected chi connectivity index (χ3v) is 4.89. The summed E-state index contributed by atoms with van der Waals surface area (Å²) in [5.74, 6) is -0.804. The molecule has 32 heavy (non-hydrogen) atoms. The summed E-state index contributed by atoms with van der Waals surface area (Å²) in [7, 11) is 0. The standard InChI is InChI=1S/C22H24F3N3O4/c1-11-17-14(6-5-7-16(17)29)26-18(11)19(30)27-15-10-12(22(23,24)25)8-9-13(15)28-20(31)32-21(2,3)4/h8-10,26H,5-7H2,1-4H3,(H,27,30)(H,28,31). The molecule has 0 radical (unpaired) electrons. The fourth-order valence-electron chi connectivity index (χ4n) is 3.53. The van der Waals surface area contributed by atoms with Gasteiger partial charge in [-0.25, -0.2) is 4.79 Å². The molecule has 2 amide bonds. The number of hydrogen-bond acceptors (Lipinski definition) is 4. The lowest BCUT2D eigenvalue weighted by Crippen LogP contribution is -2.27. The zero-order chi connectivity index (χ0) is 23.8. The first-order chi connectivity index (χ1) is 14.8. The number of anilines is 2. The number of alkyl halides is 3. The monoisotopic (exact) mass is 451 g/mol. The lowest BCUT2D eigenvalue weighted by Gasteiger charge is -2.21. The van der Waals surface area contributed by atoms with Gasteiger partial charge in [0.05, 0.1) is 16.9 Å². The molecule has 0 spiro atoms. The minimum absolute atomic E-state index is 0.0642. The Hall–Kier alpha value is -3.30. The first kappa shape index (κ1) is 23.4. The van der Waals surface area contributed by atoms with Crippen LogP contribution in [0.15, 0.2) is 18.2 Å². The summed E-state index contributed by atoms with van der Waals surface area (Å²) < 4.78 is 44.9. The van der Waals surface area contributed by atoms with Crippen molar-refractivity contribution in [1.82, 2.24) is 4.98 Å². The van der Waals surface area contributed by atoms with Crippen molar-refractivity contribution >= 4 is 29.2 Å². The van der Waals surface area contributed by atoms with Crippen LogP contribution in [0.3, 0.4) is 0 Å². The van der Waals surface area contributed by atoms with Crippen LogP contribution in [-0.2, 0) is 17.3 Å². The normalized spacial score (nSPS) is 14.0. The van der Waals surface area contributed by atoms with Crippen molar-refractivity contribution in [3.8, 4) is 0 Å². The molecule has 172 valence electrons. The molecule has 1 heterocycles. The number of aromatic amines is 1. The molecule has 0 saturated carbocycles. The van der Waals surface area contributed by atoms with Gasteiger partial charge in [0, 0.05) is 17.7 Å². The van der Waals surface area contributed by atoms with Gasteiger partial charge in [0.15, 0.2) is 5.78 Å². The van der Waals surface area contributed by atoms with E-state index in [0.717, 1.165) is 18.2 Å². The number of ether oxygens (including phenoxy) is 1. The molecule has 1 aromatic carbocycles. The van der Waals surface area contributed by atoms with E-state index in [0.29, 0.717) is 36.1 Å². The predicted octanol–water partition coefficient (Wildman–Crippen LogP) is 5.46. The second-order valence-corrected chi connectivity index (χ2v) is 8.59. The van der Waals surface area contributed by atoms with E-state index in [1.807, 2.05) is 0 Å². The van der Waals surface area contributed by atoms with Crippen molar-refractivity contribution in [1.29, 1.82) is 0 Å². The second kappa shape index (κ2) is 8.33. The van der Waals surface area contributed by atoms with Crippen LogP contribution < -0.4 is 10.6 Å². The van der Waals surface area contributed by atoms with E-state index in [1.165, 1.54) is 0 Å². The van der Waals surface area contributed by atoms with E-state index in [-0.39, 0.29) is 22.9 Å². The van der Waals surface area contributed by atoms with Gasteiger partial charge in [-0.1, -0.05) is 0 Å². The lowest BCUT2D eigenvalue weighted by atomic mass is 9.94. The maximum atomic E-state index is 13.2. The van der Waals surface area contributed by atoms with Crippen LogP contribution in [0, 0.1) is 6.92 Å². The Kier molecular flexibility index (Phi) is 6.08. The Morgan fingerprint density at radius 3 is 2.34 bits per heavy atom. The van der Waals surface area contributed by atoms with Crippen molar-refractivity contribution in [2.75, 3.05) is 10.6 Å². The zero-order valence-electron chi connectivity index (χ0n) is 18.1. The number of nitrogens with one attached hydrogen (secondary N) is 3. The molecule has 3 rings (SSSR count). The van der Waals surface area contributed by atoms with Crippen LogP contribution >= 0.6 is 0 Å². The fourth-order valence-corrected chi connectivity index (χ4v) is 3.53. The first-order valence-electron chi connectivity index (χ1n) is 10.0. The largest absolute Gasteiger partial charge is 0.444 e. The van der Waals surface area contributed by atoms with Gasteiger partial charge in [-0.05, 0) is 64.3 Å². The highest BCUT2D eigenvalue weighted by atomic mass is 19.4. The Bertz CT molecular complexity index is 1080. The van der Waals surface area contributed by atoms with E-state index >= 15 is 0 Å². The number of aryl methyl sites for hydroxylation is 1. The van der Waals surface area contributed by atoms with Crippen molar-refractivity contribution in [2.45, 2.75) is 58.7 Å². The number of aromatic nitrogens is 1. The number of hydrogen-bond donors (Lipinski definition) is 3. The van der Waals surface area contributed by atoms with E-state index in [1.54, 1.807) is 27.7 Å². The number of carbonyl (C=O) groups is 3. The first-order valence-corrected chi connectivity index (χ1v) is 10.0. The van der Waals surface area contributed by atoms with Crippen LogP contribution in [0.2, 0.25) is 0 Å². The molecule has 0 unspecified atom stereocenters. The van der Waals surface area contributed by atoms with Gasteiger partial charge in [0.1, 0.15) is 11.3 Å². The minimum Gasteiger partial charge on any atom is -0.444 e. The number of fused-ring (bicyclic) bond motifs is 1. The van der Waals surface area contributed by atoms with Crippen LogP contribution in [0.5, 0.6) is 0 Å². The molecule has 0 saturated heterocycles. The molecule has 10 heteroatoms. The predicted molar refractivity (Wildman–Crippen MR) is 112 cm³/mol. The Balaban J connectivity index is 1.94. The van der Waals surface area contributed by atoms with Crippen molar-refractivity contribution < 1.29 is 32.3 Å². The number of H-pyrrole nitrogens is 1. The van der Waals surface area contributed by atoms with Crippen LogP contribution in [0.1, 0.15) is 71.3 Å². The fraction of sp³-hybridized carbons (Fsp3) is 0.409. The maximum absolute atomic E-state index is 13.2. The molecule has 0 atom stereocenters. The van der Waals surface area contributed by atoms with Gasteiger partial charge in [0.25, 0.3) is 5.91 Å². The van der Waals surface area contributed by atoms with Gasteiger partial charge >= 0.3 is 12.3 Å². The van der Waals surface area contributed by atoms with Crippen molar-refractivity contribution in [3.63, 3.8) is 0 Å². The van der Waals surface area contributed by atoms with E-state index in [9.17, 15) is 27.6 Å². The van der Waals surface area contributed by atoms with Crippen LogP contribution in [0.25, 0.3) is 0 Å². The quantitative estimate of drug-likeness (QED) is 0.577. The highest BCUT2D eigenvalue weighted by molar-refractivity contribution is 6.10. The molecule has 2 aromatic rings.